The van der Waals surface area contributed by atoms with Gasteiger partial charge in [-0.3, -0.25) is 0 Å². The van der Waals surface area contributed by atoms with E-state index in [2.05, 4.69) is 62.7 Å². The summed E-state index contributed by atoms with van der Waals surface area (Å²) in [5.41, 5.74) is 4.19. The van der Waals surface area contributed by atoms with Crippen molar-refractivity contribution in [2.45, 2.75) is 46.5 Å². The molecule has 2 aliphatic rings. The Morgan fingerprint density at radius 2 is 1.82 bits per heavy atom. The van der Waals surface area contributed by atoms with Crippen molar-refractivity contribution >= 4 is 34.0 Å². The second-order valence-corrected chi connectivity index (χ2v) is 10.8. The molecule has 39 heavy (non-hydrogen) atoms. The molecule has 0 spiro atoms. The van der Waals surface area contributed by atoms with Crippen molar-refractivity contribution in [3.8, 4) is 0 Å². The van der Waals surface area contributed by atoms with E-state index in [1.807, 2.05) is 13.8 Å². The van der Waals surface area contributed by atoms with Gasteiger partial charge >= 0.3 is 0 Å². The number of rotatable bonds is 7. The second-order valence-electron chi connectivity index (χ2n) is 10.4. The lowest BCUT2D eigenvalue weighted by Gasteiger charge is -2.40. The third-order valence-corrected chi connectivity index (χ3v) is 8.19. The molecule has 210 valence electrons. The summed E-state index contributed by atoms with van der Waals surface area (Å²) < 4.78 is 13.6. The summed E-state index contributed by atoms with van der Waals surface area (Å²) >= 11 is 5.98. The standard InChI is InChI=1S/C29H36ClFN6.C2H6/c1-20-15-28-25(29(33-19-32-28)34-24-5-6-27(31)26(30)18-24)17-23(20)16-22-7-11-36(12-8-22)13-14-37-10-4-9-35(3)21(37)2;1-2/h5-6,15,17-19,22H,2,4,7-14,16H2,1,3H3,(H,32,33,34);1-2H3. The molecule has 2 aromatic carbocycles. The number of hydrogen-bond donors (Lipinski definition) is 1. The highest BCUT2D eigenvalue weighted by atomic mass is 35.5. The van der Waals surface area contributed by atoms with Gasteiger partial charge in [0.05, 0.1) is 16.4 Å². The summed E-state index contributed by atoms with van der Waals surface area (Å²) in [6.07, 6.45) is 6.25. The minimum Gasteiger partial charge on any atom is -0.362 e. The third kappa shape index (κ3) is 7.20. The maximum atomic E-state index is 13.6. The van der Waals surface area contributed by atoms with Gasteiger partial charge in [-0.15, -0.1) is 0 Å². The minimum absolute atomic E-state index is 0.0828. The van der Waals surface area contributed by atoms with E-state index in [1.54, 1.807) is 18.5 Å². The van der Waals surface area contributed by atoms with Crippen molar-refractivity contribution in [2.75, 3.05) is 51.6 Å². The van der Waals surface area contributed by atoms with E-state index in [1.165, 1.54) is 36.5 Å². The first-order valence-corrected chi connectivity index (χ1v) is 14.6. The summed E-state index contributed by atoms with van der Waals surface area (Å²) in [6, 6.07) is 8.97. The van der Waals surface area contributed by atoms with Crippen molar-refractivity contribution < 1.29 is 4.39 Å². The molecule has 0 radical (unpaired) electrons. The fraction of sp³-hybridized carbons (Fsp3) is 0.484. The number of aromatic nitrogens is 2. The molecule has 3 aromatic rings. The summed E-state index contributed by atoms with van der Waals surface area (Å²) in [6.45, 7) is 17.1. The predicted molar refractivity (Wildman–Crippen MR) is 161 cm³/mol. The molecule has 6 nitrogen and oxygen atoms in total. The van der Waals surface area contributed by atoms with Crippen LogP contribution in [0.2, 0.25) is 5.02 Å². The molecule has 2 fully saturated rings. The van der Waals surface area contributed by atoms with E-state index in [4.69, 9.17) is 11.6 Å². The molecule has 0 unspecified atom stereocenters. The summed E-state index contributed by atoms with van der Waals surface area (Å²) in [4.78, 5) is 16.3. The zero-order valence-electron chi connectivity index (χ0n) is 23.8. The van der Waals surface area contributed by atoms with Gasteiger partial charge in [-0.1, -0.05) is 32.0 Å². The van der Waals surface area contributed by atoms with Gasteiger partial charge in [0, 0.05) is 44.3 Å². The van der Waals surface area contributed by atoms with E-state index in [0.717, 1.165) is 62.4 Å². The number of nitrogens with one attached hydrogen (secondary N) is 1. The molecule has 5 rings (SSSR count). The maximum absolute atomic E-state index is 13.6. The monoisotopic (exact) mass is 552 g/mol. The Labute approximate surface area is 237 Å². The zero-order chi connectivity index (χ0) is 27.9. The van der Waals surface area contributed by atoms with Gasteiger partial charge < -0.3 is 20.0 Å². The molecule has 0 bridgehead atoms. The van der Waals surface area contributed by atoms with Crippen LogP contribution in [0.15, 0.2) is 49.1 Å². The normalized spacial score (nSPS) is 16.8. The molecule has 3 heterocycles. The SMILES string of the molecule is C=C1N(C)CCCN1CCN1CCC(Cc2cc3c(Nc4ccc(F)c(Cl)c4)ncnc3cc2C)CC1.CC. The lowest BCUT2D eigenvalue weighted by molar-refractivity contribution is 0.135. The van der Waals surface area contributed by atoms with Gasteiger partial charge in [0.15, 0.2) is 0 Å². The van der Waals surface area contributed by atoms with E-state index in [0.29, 0.717) is 17.4 Å². The maximum Gasteiger partial charge on any atom is 0.141 e. The summed E-state index contributed by atoms with van der Waals surface area (Å²) in [5, 5.41) is 4.34. The van der Waals surface area contributed by atoms with Crippen LogP contribution in [0.5, 0.6) is 0 Å². The number of anilines is 2. The average Bonchev–Trinajstić information content (AvgIpc) is 2.94. The molecular weight excluding hydrogens is 511 g/mol. The number of piperidine rings is 1. The molecule has 0 aliphatic carbocycles. The van der Waals surface area contributed by atoms with Crippen LogP contribution in [-0.2, 0) is 6.42 Å². The number of benzene rings is 2. The number of halogens is 2. The van der Waals surface area contributed by atoms with E-state index in [-0.39, 0.29) is 5.02 Å². The van der Waals surface area contributed by atoms with Gasteiger partial charge in [-0.25, -0.2) is 14.4 Å². The molecule has 0 amide bonds. The van der Waals surface area contributed by atoms with Crippen LogP contribution in [0.25, 0.3) is 10.9 Å². The van der Waals surface area contributed by atoms with Crippen LogP contribution in [0.4, 0.5) is 15.9 Å². The van der Waals surface area contributed by atoms with E-state index in [9.17, 15) is 4.39 Å². The van der Waals surface area contributed by atoms with Crippen molar-refractivity contribution in [1.82, 2.24) is 24.7 Å². The highest BCUT2D eigenvalue weighted by Gasteiger charge is 2.23. The largest absolute Gasteiger partial charge is 0.362 e. The molecule has 0 atom stereocenters. The number of likely N-dealkylation sites (tertiary alicyclic amines) is 1. The topological polar surface area (TPSA) is 47.5 Å². The molecule has 2 aliphatic heterocycles. The van der Waals surface area contributed by atoms with Gasteiger partial charge in [0.25, 0.3) is 0 Å². The first kappa shape index (κ1) is 29.1. The Hall–Kier alpha value is -2.90. The Morgan fingerprint density at radius 1 is 1.05 bits per heavy atom. The Kier molecular flexibility index (Phi) is 10.0. The fourth-order valence-corrected chi connectivity index (χ4v) is 5.69. The van der Waals surface area contributed by atoms with Gasteiger partial charge in [0.1, 0.15) is 18.0 Å². The van der Waals surface area contributed by atoms with Crippen molar-refractivity contribution in [3.63, 3.8) is 0 Å². The third-order valence-electron chi connectivity index (χ3n) is 7.90. The quantitative estimate of drug-likeness (QED) is 0.345. The van der Waals surface area contributed by atoms with Crippen molar-refractivity contribution in [3.05, 3.63) is 71.0 Å². The smallest absolute Gasteiger partial charge is 0.141 e. The number of aryl methyl sites for hydroxylation is 1. The minimum atomic E-state index is -0.437. The molecule has 1 N–H and O–H groups in total. The lowest BCUT2D eigenvalue weighted by atomic mass is 9.88. The second kappa shape index (κ2) is 13.4. The van der Waals surface area contributed by atoms with E-state index >= 15 is 0 Å². The molecule has 0 saturated carbocycles. The van der Waals surface area contributed by atoms with Crippen LogP contribution in [-0.4, -0.2) is 71.0 Å². The fourth-order valence-electron chi connectivity index (χ4n) is 5.51. The lowest BCUT2D eigenvalue weighted by Crippen LogP contribution is -2.45. The number of fused-ring (bicyclic) bond motifs is 1. The van der Waals surface area contributed by atoms with Crippen LogP contribution < -0.4 is 5.32 Å². The highest BCUT2D eigenvalue weighted by Crippen LogP contribution is 2.30. The van der Waals surface area contributed by atoms with Crippen LogP contribution >= 0.6 is 11.6 Å². The Bertz CT molecular complexity index is 1270. The highest BCUT2D eigenvalue weighted by molar-refractivity contribution is 6.31. The first-order chi connectivity index (χ1) is 18.9. The Balaban J connectivity index is 0.00000172. The summed E-state index contributed by atoms with van der Waals surface area (Å²) in [7, 11) is 2.14. The predicted octanol–water partition coefficient (Wildman–Crippen LogP) is 6.86. The van der Waals surface area contributed by atoms with Crippen LogP contribution in [0.1, 0.15) is 44.2 Å². The van der Waals surface area contributed by atoms with Crippen molar-refractivity contribution in [2.24, 2.45) is 5.92 Å². The molecule has 8 heteroatoms. The van der Waals surface area contributed by atoms with Crippen LogP contribution in [0, 0.1) is 18.7 Å². The molecular formula is C31H42ClFN6. The molecule has 2 saturated heterocycles. The average molecular weight is 553 g/mol. The summed E-state index contributed by atoms with van der Waals surface area (Å²) in [5.74, 6) is 2.09. The number of hydrogen-bond acceptors (Lipinski definition) is 6. The first-order valence-electron chi connectivity index (χ1n) is 14.2. The van der Waals surface area contributed by atoms with Crippen molar-refractivity contribution in [1.29, 1.82) is 0 Å². The number of nitrogens with zero attached hydrogens (tertiary/aromatic N) is 5. The van der Waals surface area contributed by atoms with Gasteiger partial charge in [-0.2, -0.15) is 0 Å². The van der Waals surface area contributed by atoms with E-state index < -0.39 is 5.82 Å². The Morgan fingerprint density at radius 3 is 2.56 bits per heavy atom. The van der Waals surface area contributed by atoms with Gasteiger partial charge in [0.2, 0.25) is 0 Å². The van der Waals surface area contributed by atoms with Gasteiger partial charge in [-0.05, 0) is 93.1 Å². The molecule has 1 aromatic heterocycles. The zero-order valence-corrected chi connectivity index (χ0v) is 24.6. The van der Waals surface area contributed by atoms with Crippen LogP contribution in [0.3, 0.4) is 0 Å².